The van der Waals surface area contributed by atoms with Crippen LogP contribution in [0.5, 0.6) is 0 Å². The van der Waals surface area contributed by atoms with E-state index in [0.717, 1.165) is 57.1 Å². The Balaban J connectivity index is 1.60. The Morgan fingerprint density at radius 1 is 1.21 bits per heavy atom. The zero-order chi connectivity index (χ0) is 27.5. The molecule has 1 saturated heterocycles. The maximum absolute atomic E-state index is 13.9. The number of hydrogen-bond donors (Lipinski definition) is 1. The number of carbonyl (C=O) groups excluding carboxylic acids is 1. The topological polar surface area (TPSA) is 66.8 Å². The summed E-state index contributed by atoms with van der Waals surface area (Å²) in [6, 6.07) is 0. The van der Waals surface area contributed by atoms with Crippen LogP contribution in [0.3, 0.4) is 0 Å². The molecular weight excluding hydrogens is 474 g/mol. The lowest BCUT2D eigenvalue weighted by atomic mass is 9.41. The zero-order valence-electron chi connectivity index (χ0n) is 24.9. The third kappa shape index (κ3) is 3.62. The first-order valence-electron chi connectivity index (χ1n) is 15.9. The molecule has 5 nitrogen and oxygen atoms in total. The molecule has 0 aromatic rings. The molecule has 4 aliphatic carbocycles. The van der Waals surface area contributed by atoms with E-state index in [9.17, 15) is 14.7 Å². The molecule has 0 amide bonds. The van der Waals surface area contributed by atoms with Gasteiger partial charge >= 0.3 is 5.97 Å². The molecule has 4 bridgehead atoms. The van der Waals surface area contributed by atoms with Crippen LogP contribution in [0.4, 0.5) is 0 Å². The number of ether oxygens (including phenoxy) is 1. The molecule has 214 valence electrons. The maximum atomic E-state index is 13.9. The number of rotatable bonds is 12. The van der Waals surface area contributed by atoms with Gasteiger partial charge in [-0.15, -0.1) is 0 Å². The molecule has 0 radical (unpaired) electrons. The van der Waals surface area contributed by atoms with Gasteiger partial charge in [0.1, 0.15) is 11.7 Å². The van der Waals surface area contributed by atoms with Gasteiger partial charge in [-0.2, -0.15) is 0 Å². The number of carboxylic acids is 1. The number of likely N-dealkylation sites (N-methyl/N-ethyl adjacent to an activating group) is 1. The van der Waals surface area contributed by atoms with Gasteiger partial charge in [-0.25, -0.2) is 0 Å². The average Bonchev–Trinajstić information content (AvgIpc) is 3.59. The Bertz CT molecular complexity index is 945. The van der Waals surface area contributed by atoms with Crippen LogP contribution in [0.25, 0.3) is 0 Å². The van der Waals surface area contributed by atoms with Crippen molar-refractivity contribution in [1.29, 1.82) is 0 Å². The van der Waals surface area contributed by atoms with Crippen molar-refractivity contribution in [3.63, 3.8) is 0 Å². The van der Waals surface area contributed by atoms with E-state index in [1.165, 1.54) is 25.7 Å². The molecule has 0 aromatic heterocycles. The quantitative estimate of drug-likeness (QED) is 0.229. The smallest absolute Gasteiger partial charge is 0.315 e. The van der Waals surface area contributed by atoms with Crippen molar-refractivity contribution in [3.8, 4) is 0 Å². The van der Waals surface area contributed by atoms with E-state index in [1.807, 2.05) is 0 Å². The summed E-state index contributed by atoms with van der Waals surface area (Å²) < 4.78 is 7.19. The highest BCUT2D eigenvalue weighted by atomic mass is 16.5. The second-order valence-electron chi connectivity index (χ2n) is 14.3. The summed E-state index contributed by atoms with van der Waals surface area (Å²) in [6.07, 6.45) is 14.0. The van der Waals surface area contributed by atoms with Gasteiger partial charge < -0.3 is 19.5 Å². The highest BCUT2D eigenvalue weighted by Crippen LogP contribution is 2.84. The lowest BCUT2D eigenvalue weighted by Crippen LogP contribution is -2.65. The minimum atomic E-state index is -1.13. The highest BCUT2D eigenvalue weighted by molar-refractivity contribution is 5.90. The van der Waals surface area contributed by atoms with Gasteiger partial charge in [-0.1, -0.05) is 72.0 Å². The van der Waals surface area contributed by atoms with Gasteiger partial charge in [0.05, 0.1) is 17.6 Å². The van der Waals surface area contributed by atoms with Crippen molar-refractivity contribution in [3.05, 3.63) is 11.6 Å². The Morgan fingerprint density at radius 2 is 1.95 bits per heavy atom. The summed E-state index contributed by atoms with van der Waals surface area (Å²) >= 11 is 0. The zero-order valence-corrected chi connectivity index (χ0v) is 24.9. The molecule has 0 spiro atoms. The molecule has 1 N–H and O–H groups in total. The van der Waals surface area contributed by atoms with Crippen LogP contribution in [0.15, 0.2) is 11.6 Å². The summed E-state index contributed by atoms with van der Waals surface area (Å²) in [5.74, 6) is 1.07. The Hall–Kier alpha value is -1.20. The minimum Gasteiger partial charge on any atom is -0.481 e. The summed E-state index contributed by atoms with van der Waals surface area (Å²) in [7, 11) is 2.21. The van der Waals surface area contributed by atoms with Crippen LogP contribution in [0.2, 0.25) is 0 Å². The molecule has 1 aliphatic heterocycles. The molecule has 7 unspecified atom stereocenters. The molecule has 3 saturated carbocycles. The van der Waals surface area contributed by atoms with E-state index in [-0.39, 0.29) is 30.0 Å². The lowest BCUT2D eigenvalue weighted by Gasteiger charge is -2.60. The van der Waals surface area contributed by atoms with E-state index < -0.39 is 22.2 Å². The van der Waals surface area contributed by atoms with Gasteiger partial charge in [-0.3, -0.25) is 4.79 Å². The number of fused-ring (bicyclic) bond motifs is 2. The Morgan fingerprint density at radius 3 is 2.58 bits per heavy atom. The van der Waals surface area contributed by atoms with Crippen LogP contribution in [-0.2, 0) is 14.3 Å². The van der Waals surface area contributed by atoms with Crippen molar-refractivity contribution in [2.24, 2.45) is 51.8 Å². The van der Waals surface area contributed by atoms with Crippen LogP contribution < -0.4 is 0 Å². The summed E-state index contributed by atoms with van der Waals surface area (Å²) in [6.45, 7) is 13.1. The molecule has 10 atom stereocenters. The number of allylic oxidation sites excluding steroid dienone is 1. The molecule has 38 heavy (non-hydrogen) atoms. The van der Waals surface area contributed by atoms with Gasteiger partial charge in [0.2, 0.25) is 0 Å². The van der Waals surface area contributed by atoms with E-state index in [1.54, 1.807) is 0 Å². The van der Waals surface area contributed by atoms with Crippen LogP contribution >= 0.6 is 0 Å². The molecule has 5 aliphatic rings. The predicted molar refractivity (Wildman–Crippen MR) is 151 cm³/mol. The third-order valence-electron chi connectivity index (χ3n) is 12.3. The summed E-state index contributed by atoms with van der Waals surface area (Å²) in [4.78, 5) is 29.7. The van der Waals surface area contributed by atoms with Crippen LogP contribution in [0.1, 0.15) is 98.8 Å². The van der Waals surface area contributed by atoms with E-state index >= 15 is 0 Å². The monoisotopic (exact) mass is 527 g/mol. The van der Waals surface area contributed by atoms with E-state index in [4.69, 9.17) is 4.74 Å². The third-order valence-corrected chi connectivity index (χ3v) is 12.3. The summed E-state index contributed by atoms with van der Waals surface area (Å²) in [5, 5.41) is 11.4. The molecule has 5 heteroatoms. The number of nitrogens with zero attached hydrogens (tertiary/aromatic N) is 1. The fourth-order valence-corrected chi connectivity index (χ4v) is 10.8. The first kappa shape index (κ1) is 28.3. The van der Waals surface area contributed by atoms with Gasteiger partial charge in [0, 0.05) is 12.0 Å². The second kappa shape index (κ2) is 10.3. The van der Waals surface area contributed by atoms with Crippen LogP contribution in [0, 0.1) is 51.8 Å². The first-order chi connectivity index (χ1) is 18.1. The van der Waals surface area contributed by atoms with Crippen molar-refractivity contribution in [1.82, 2.24) is 4.90 Å². The fraction of sp³-hybridized carbons (Fsp3) is 0.879. The number of carbonyl (C=O) groups is 2. The van der Waals surface area contributed by atoms with Crippen molar-refractivity contribution in [2.75, 3.05) is 20.1 Å². The number of carboxylic acid groups (broad SMARTS) is 1. The maximum Gasteiger partial charge on any atom is 0.315 e. The van der Waals surface area contributed by atoms with Gasteiger partial charge in [-0.05, 0) is 87.6 Å². The fourth-order valence-electron chi connectivity index (χ4n) is 10.8. The number of unbranched alkanes of at least 4 members (excludes halogenated alkanes) is 2. The Kier molecular flexibility index (Phi) is 7.70. The molecular formula is C33H53NO4. The van der Waals surface area contributed by atoms with Crippen LogP contribution in [-0.4, -0.2) is 54.6 Å². The number of aliphatic carboxylic acids is 1. The van der Waals surface area contributed by atoms with Crippen molar-refractivity contribution in [2.45, 2.75) is 111 Å². The Labute approximate surface area is 231 Å². The average molecular weight is 528 g/mol. The van der Waals surface area contributed by atoms with Gasteiger partial charge in [0.15, 0.2) is 0 Å². The van der Waals surface area contributed by atoms with Crippen molar-refractivity contribution >= 4 is 12.3 Å². The number of hydrogen-bond acceptors (Lipinski definition) is 4. The molecule has 1 heterocycles. The molecule has 5 rings (SSSR count). The number of aldehydes is 1. The van der Waals surface area contributed by atoms with Gasteiger partial charge in [0.25, 0.3) is 0 Å². The van der Waals surface area contributed by atoms with Crippen molar-refractivity contribution < 1.29 is 19.4 Å². The van der Waals surface area contributed by atoms with E-state index in [0.29, 0.717) is 24.2 Å². The SMILES string of the molecule is CCCCC1CC(C23C[C@@H]4[C@H](C)CC[C@H]4C4(C=O)CC2C=C(C(C)C)C34C(=O)O)OC1CN(C)CCCC. The lowest BCUT2D eigenvalue weighted by molar-refractivity contribution is -0.197. The predicted octanol–water partition coefficient (Wildman–Crippen LogP) is 6.61. The first-order valence-corrected chi connectivity index (χ1v) is 15.9. The normalized spacial score (nSPS) is 45.2. The van der Waals surface area contributed by atoms with E-state index in [2.05, 4.69) is 52.6 Å². The molecule has 0 aromatic carbocycles. The largest absolute Gasteiger partial charge is 0.481 e. The summed E-state index contributed by atoms with van der Waals surface area (Å²) in [5.41, 5.74) is -1.41. The molecule has 4 fully saturated rings. The minimum absolute atomic E-state index is 0.0990. The second-order valence-corrected chi connectivity index (χ2v) is 14.3. The highest BCUT2D eigenvalue weighted by Gasteiger charge is 2.86. The standard InChI is InChI=1S/C33H53NO4/c1-7-9-11-23-15-29(38-28(23)19-34(6)14-10-8-2)32-18-25-22(5)12-13-26(25)31(20-35)17-24(32)16-27(21(3)4)33(31,32)30(36)37/h16,20-26,28-29H,7-15,17-19H2,1-6H3,(H,36,37)/t22-,23?,24?,25-,26-,28?,29?,31?,32?,33?/m1/s1.